The van der Waals surface area contributed by atoms with Crippen molar-refractivity contribution in [3.8, 4) is 11.5 Å². The molecule has 0 saturated heterocycles. The molecule has 5 nitrogen and oxygen atoms in total. The summed E-state index contributed by atoms with van der Waals surface area (Å²) in [6.07, 6.45) is -1.65. The molecule has 1 heterocycles. The van der Waals surface area contributed by atoms with Gasteiger partial charge in [0, 0.05) is 30.1 Å². The van der Waals surface area contributed by atoms with Gasteiger partial charge in [-0.15, -0.1) is 0 Å². The molecule has 1 aromatic heterocycles. The van der Waals surface area contributed by atoms with Crippen molar-refractivity contribution in [3.63, 3.8) is 0 Å². The first-order valence-corrected chi connectivity index (χ1v) is 9.45. The quantitative estimate of drug-likeness (QED) is 0.353. The van der Waals surface area contributed by atoms with Crippen LogP contribution in [0.4, 0.5) is 23.2 Å². The molecule has 4 rings (SSSR count). The van der Waals surface area contributed by atoms with Crippen LogP contribution in [0.2, 0.25) is 5.02 Å². The third kappa shape index (κ3) is 4.62. The molecule has 4 aromatic rings. The molecular formula is C22H12ClF4N3O2. The van der Waals surface area contributed by atoms with Crippen LogP contribution in [0.15, 0.2) is 67.0 Å². The van der Waals surface area contributed by atoms with Gasteiger partial charge in [-0.3, -0.25) is 14.8 Å². The second kappa shape index (κ2) is 8.43. The van der Waals surface area contributed by atoms with E-state index in [0.717, 1.165) is 18.2 Å². The number of carbonyl (C=O) groups is 1. The molecular weight excluding hydrogens is 450 g/mol. The SMILES string of the molecule is O=C(Nc1ccc(Oc2ccc3nccnc3c2)cc1F)c1ccc(Cl)c(C(F)(F)F)c1. The maximum atomic E-state index is 14.5. The van der Waals surface area contributed by atoms with Crippen LogP contribution < -0.4 is 10.1 Å². The Balaban J connectivity index is 1.51. The van der Waals surface area contributed by atoms with Crippen LogP contribution in [0.1, 0.15) is 15.9 Å². The lowest BCUT2D eigenvalue weighted by molar-refractivity contribution is -0.137. The highest BCUT2D eigenvalue weighted by molar-refractivity contribution is 6.31. The van der Waals surface area contributed by atoms with Crippen molar-refractivity contribution >= 4 is 34.2 Å². The smallest absolute Gasteiger partial charge is 0.417 e. The molecule has 3 aromatic carbocycles. The zero-order chi connectivity index (χ0) is 22.9. The highest BCUT2D eigenvalue weighted by Crippen LogP contribution is 2.35. The summed E-state index contributed by atoms with van der Waals surface area (Å²) in [6, 6.07) is 11.3. The Bertz CT molecular complexity index is 1330. The molecule has 162 valence electrons. The van der Waals surface area contributed by atoms with E-state index < -0.39 is 28.5 Å². The zero-order valence-electron chi connectivity index (χ0n) is 16.0. The maximum Gasteiger partial charge on any atom is 0.417 e. The molecule has 1 amide bonds. The van der Waals surface area contributed by atoms with Crippen LogP contribution in [-0.2, 0) is 6.18 Å². The van der Waals surface area contributed by atoms with E-state index in [4.69, 9.17) is 16.3 Å². The molecule has 0 saturated carbocycles. The first-order chi connectivity index (χ1) is 15.2. The van der Waals surface area contributed by atoms with Crippen LogP contribution in [0.25, 0.3) is 11.0 Å². The number of fused-ring (bicyclic) bond motifs is 1. The number of ether oxygens (including phenoxy) is 1. The number of aromatic nitrogens is 2. The number of hydrogen-bond acceptors (Lipinski definition) is 4. The molecule has 0 atom stereocenters. The minimum atomic E-state index is -4.73. The average Bonchev–Trinajstić information content (AvgIpc) is 2.75. The predicted molar refractivity (Wildman–Crippen MR) is 110 cm³/mol. The molecule has 32 heavy (non-hydrogen) atoms. The first kappa shape index (κ1) is 21.5. The van der Waals surface area contributed by atoms with Crippen molar-refractivity contribution in [3.05, 3.63) is 89.0 Å². The summed E-state index contributed by atoms with van der Waals surface area (Å²) in [5, 5.41) is 1.70. The minimum Gasteiger partial charge on any atom is -0.457 e. The summed E-state index contributed by atoms with van der Waals surface area (Å²) < 4.78 is 59.1. The van der Waals surface area contributed by atoms with Gasteiger partial charge in [0.1, 0.15) is 17.3 Å². The lowest BCUT2D eigenvalue weighted by Crippen LogP contribution is -2.15. The van der Waals surface area contributed by atoms with Crippen LogP contribution in [0, 0.1) is 5.82 Å². The highest BCUT2D eigenvalue weighted by atomic mass is 35.5. The lowest BCUT2D eigenvalue weighted by Gasteiger charge is -2.12. The van der Waals surface area contributed by atoms with Gasteiger partial charge in [0.25, 0.3) is 5.91 Å². The van der Waals surface area contributed by atoms with Crippen molar-refractivity contribution in [1.29, 1.82) is 0 Å². The van der Waals surface area contributed by atoms with E-state index in [-0.39, 0.29) is 17.0 Å². The van der Waals surface area contributed by atoms with Gasteiger partial charge in [-0.1, -0.05) is 11.6 Å². The van der Waals surface area contributed by atoms with Gasteiger partial charge in [-0.05, 0) is 42.5 Å². The van der Waals surface area contributed by atoms with Crippen molar-refractivity contribution in [2.45, 2.75) is 6.18 Å². The number of alkyl halides is 3. The summed E-state index contributed by atoms with van der Waals surface area (Å²) in [7, 11) is 0. The largest absolute Gasteiger partial charge is 0.457 e. The third-order valence-electron chi connectivity index (χ3n) is 4.40. The lowest BCUT2D eigenvalue weighted by atomic mass is 10.1. The Hall–Kier alpha value is -3.72. The minimum absolute atomic E-state index is 0.148. The van der Waals surface area contributed by atoms with Gasteiger partial charge in [-0.25, -0.2) is 4.39 Å². The number of rotatable bonds is 4. The molecule has 0 bridgehead atoms. The van der Waals surface area contributed by atoms with Gasteiger partial charge < -0.3 is 10.1 Å². The van der Waals surface area contributed by atoms with E-state index in [2.05, 4.69) is 15.3 Å². The van der Waals surface area contributed by atoms with E-state index in [0.29, 0.717) is 22.8 Å². The fraction of sp³-hybridized carbons (Fsp3) is 0.0455. The highest BCUT2D eigenvalue weighted by Gasteiger charge is 2.33. The average molecular weight is 462 g/mol. The van der Waals surface area contributed by atoms with Crippen LogP contribution in [-0.4, -0.2) is 15.9 Å². The molecule has 0 radical (unpaired) electrons. The van der Waals surface area contributed by atoms with E-state index in [1.165, 1.54) is 18.3 Å². The Morgan fingerprint density at radius 1 is 0.906 bits per heavy atom. The fourth-order valence-electron chi connectivity index (χ4n) is 2.88. The zero-order valence-corrected chi connectivity index (χ0v) is 16.7. The summed E-state index contributed by atoms with van der Waals surface area (Å²) in [5.41, 5.74) is -0.444. The second-order valence-electron chi connectivity index (χ2n) is 6.60. The Morgan fingerprint density at radius 2 is 1.59 bits per heavy atom. The standard InChI is InChI=1S/C22H12ClF4N3O2/c23-16-4-1-12(9-15(16)22(25,26)27)21(31)30-18-5-2-13(10-17(18)24)32-14-3-6-19-20(11-14)29-8-7-28-19/h1-11H,(H,30,31). The van der Waals surface area contributed by atoms with Crippen molar-refractivity contribution in [2.24, 2.45) is 0 Å². The molecule has 10 heteroatoms. The van der Waals surface area contributed by atoms with Crippen LogP contribution in [0.3, 0.4) is 0 Å². The number of nitrogens with one attached hydrogen (secondary N) is 1. The maximum absolute atomic E-state index is 14.5. The summed E-state index contributed by atoms with van der Waals surface area (Å²) >= 11 is 5.55. The number of carbonyl (C=O) groups excluding carboxylic acids is 1. The van der Waals surface area contributed by atoms with Crippen molar-refractivity contribution in [2.75, 3.05) is 5.32 Å². The third-order valence-corrected chi connectivity index (χ3v) is 4.73. The first-order valence-electron chi connectivity index (χ1n) is 9.07. The Kier molecular flexibility index (Phi) is 5.67. The summed E-state index contributed by atoms with van der Waals surface area (Å²) in [6.45, 7) is 0. The molecule has 0 aliphatic rings. The van der Waals surface area contributed by atoms with Crippen LogP contribution in [0.5, 0.6) is 11.5 Å². The normalized spacial score (nSPS) is 11.4. The number of amides is 1. The molecule has 1 N–H and O–H groups in total. The second-order valence-corrected chi connectivity index (χ2v) is 7.00. The molecule has 0 fully saturated rings. The molecule has 0 unspecified atom stereocenters. The van der Waals surface area contributed by atoms with Gasteiger partial charge in [0.2, 0.25) is 0 Å². The summed E-state index contributed by atoms with van der Waals surface area (Å²) in [5.74, 6) is -1.21. The van der Waals surface area contributed by atoms with E-state index in [9.17, 15) is 22.4 Å². The van der Waals surface area contributed by atoms with Gasteiger partial charge in [0.05, 0.1) is 27.3 Å². The number of nitrogens with zero attached hydrogens (tertiary/aromatic N) is 2. The van der Waals surface area contributed by atoms with Crippen molar-refractivity contribution in [1.82, 2.24) is 9.97 Å². The Morgan fingerprint density at radius 3 is 2.31 bits per heavy atom. The number of benzene rings is 3. The molecule has 0 spiro atoms. The summed E-state index contributed by atoms with van der Waals surface area (Å²) in [4.78, 5) is 20.6. The fourth-order valence-corrected chi connectivity index (χ4v) is 3.11. The van der Waals surface area contributed by atoms with Gasteiger partial charge >= 0.3 is 6.18 Å². The van der Waals surface area contributed by atoms with E-state index >= 15 is 0 Å². The van der Waals surface area contributed by atoms with Gasteiger partial charge in [-0.2, -0.15) is 13.2 Å². The molecule has 0 aliphatic heterocycles. The van der Waals surface area contributed by atoms with E-state index in [1.54, 1.807) is 24.4 Å². The van der Waals surface area contributed by atoms with Gasteiger partial charge in [0.15, 0.2) is 0 Å². The van der Waals surface area contributed by atoms with Crippen molar-refractivity contribution < 1.29 is 27.1 Å². The molecule has 0 aliphatic carbocycles. The number of halogens is 5. The predicted octanol–water partition coefficient (Wildman–Crippen LogP) is 6.49. The van der Waals surface area contributed by atoms with E-state index in [1.807, 2.05) is 0 Å². The Labute approximate surface area is 183 Å². The monoisotopic (exact) mass is 461 g/mol. The number of anilines is 1. The number of hydrogen-bond donors (Lipinski definition) is 1. The topological polar surface area (TPSA) is 64.1 Å². The van der Waals surface area contributed by atoms with Crippen LogP contribution >= 0.6 is 11.6 Å².